The number of hydrogen-bond donors (Lipinski definition) is 1. The molecule has 0 aliphatic heterocycles. The highest BCUT2D eigenvalue weighted by Crippen LogP contribution is 2.27. The molecule has 18 heavy (non-hydrogen) atoms. The van der Waals surface area contributed by atoms with Gasteiger partial charge in [-0.1, -0.05) is 26.8 Å². The summed E-state index contributed by atoms with van der Waals surface area (Å²) in [5, 5.41) is 9.65. The van der Waals surface area contributed by atoms with Crippen LogP contribution in [0.1, 0.15) is 33.3 Å². The van der Waals surface area contributed by atoms with Crippen molar-refractivity contribution < 1.29 is 9.84 Å². The Hall–Kier alpha value is -1.22. The molecule has 102 valence electrons. The van der Waals surface area contributed by atoms with Crippen molar-refractivity contribution in [2.24, 2.45) is 5.41 Å². The molecule has 0 saturated heterocycles. The summed E-state index contributed by atoms with van der Waals surface area (Å²) in [6.07, 6.45) is 0. The highest BCUT2D eigenvalue weighted by molar-refractivity contribution is 5.41. The van der Waals surface area contributed by atoms with Gasteiger partial charge in [-0.05, 0) is 37.1 Å². The van der Waals surface area contributed by atoms with Gasteiger partial charge in [0.05, 0.1) is 6.61 Å². The minimum absolute atomic E-state index is 0.207. The first-order valence-electron chi connectivity index (χ1n) is 6.45. The van der Waals surface area contributed by atoms with E-state index in [2.05, 4.69) is 32.7 Å². The third kappa shape index (κ3) is 4.96. The van der Waals surface area contributed by atoms with Crippen LogP contribution in [0.5, 0.6) is 11.5 Å². The molecular formula is C15H25NO2. The number of benzene rings is 1. The first-order valence-corrected chi connectivity index (χ1v) is 6.45. The van der Waals surface area contributed by atoms with Crippen LogP contribution in [0.3, 0.4) is 0 Å². The van der Waals surface area contributed by atoms with Crippen LogP contribution in [-0.4, -0.2) is 30.2 Å². The van der Waals surface area contributed by atoms with Crippen molar-refractivity contribution in [2.75, 3.05) is 20.2 Å². The maximum atomic E-state index is 9.65. The van der Waals surface area contributed by atoms with Crippen LogP contribution >= 0.6 is 0 Å². The van der Waals surface area contributed by atoms with E-state index < -0.39 is 0 Å². The minimum Gasteiger partial charge on any atom is -0.504 e. The Bertz CT molecular complexity index is 383. The Kier molecular flexibility index (Phi) is 5.03. The molecule has 0 spiro atoms. The monoisotopic (exact) mass is 251 g/mol. The van der Waals surface area contributed by atoms with Gasteiger partial charge < -0.3 is 14.7 Å². The van der Waals surface area contributed by atoms with Crippen LogP contribution in [0.2, 0.25) is 0 Å². The van der Waals surface area contributed by atoms with E-state index in [1.165, 1.54) is 0 Å². The second kappa shape index (κ2) is 6.10. The Morgan fingerprint density at radius 3 is 2.50 bits per heavy atom. The number of phenols is 1. The molecule has 1 aromatic rings. The van der Waals surface area contributed by atoms with Gasteiger partial charge in [0, 0.05) is 13.1 Å². The molecule has 0 saturated carbocycles. The molecule has 0 radical (unpaired) electrons. The predicted molar refractivity (Wildman–Crippen MR) is 75.1 cm³/mol. The van der Waals surface area contributed by atoms with E-state index in [1.807, 2.05) is 19.1 Å². The predicted octanol–water partition coefficient (Wildman–Crippen LogP) is 3.27. The lowest BCUT2D eigenvalue weighted by atomic mass is 9.96. The van der Waals surface area contributed by atoms with Gasteiger partial charge in [-0.15, -0.1) is 0 Å². The summed E-state index contributed by atoms with van der Waals surface area (Å²) in [4.78, 5) is 2.28. The number of aromatic hydroxyl groups is 1. The zero-order valence-corrected chi connectivity index (χ0v) is 12.2. The highest BCUT2D eigenvalue weighted by atomic mass is 16.5. The smallest absolute Gasteiger partial charge is 0.161 e. The topological polar surface area (TPSA) is 32.7 Å². The Morgan fingerprint density at radius 2 is 1.94 bits per heavy atom. The quantitative estimate of drug-likeness (QED) is 0.871. The van der Waals surface area contributed by atoms with Crippen molar-refractivity contribution in [3.05, 3.63) is 23.8 Å². The Morgan fingerprint density at radius 1 is 1.28 bits per heavy atom. The standard InChI is InChI=1S/C15H25NO2/c1-6-18-14-9-12(7-8-13(14)17)10-16(5)11-15(2,3)4/h7-9,17H,6,10-11H2,1-5H3. The molecule has 1 aromatic carbocycles. The maximum absolute atomic E-state index is 9.65. The van der Waals surface area contributed by atoms with E-state index in [9.17, 15) is 5.11 Å². The SMILES string of the molecule is CCOc1cc(CN(C)CC(C)(C)C)ccc1O. The molecule has 0 aromatic heterocycles. The van der Waals surface area contributed by atoms with E-state index >= 15 is 0 Å². The van der Waals surface area contributed by atoms with Crippen LogP contribution in [-0.2, 0) is 6.54 Å². The number of phenolic OH excluding ortho intramolecular Hbond substituents is 1. The summed E-state index contributed by atoms with van der Waals surface area (Å²) in [6.45, 7) is 11.0. The van der Waals surface area contributed by atoms with Crippen LogP contribution in [0.25, 0.3) is 0 Å². The molecule has 3 nitrogen and oxygen atoms in total. The molecule has 0 unspecified atom stereocenters. The van der Waals surface area contributed by atoms with E-state index in [-0.39, 0.29) is 11.2 Å². The molecule has 0 amide bonds. The van der Waals surface area contributed by atoms with E-state index in [4.69, 9.17) is 4.74 Å². The lowest BCUT2D eigenvalue weighted by Gasteiger charge is -2.26. The maximum Gasteiger partial charge on any atom is 0.161 e. The number of rotatable bonds is 5. The summed E-state index contributed by atoms with van der Waals surface area (Å²) >= 11 is 0. The number of hydrogen-bond acceptors (Lipinski definition) is 3. The second-order valence-corrected chi connectivity index (χ2v) is 5.97. The fourth-order valence-corrected chi connectivity index (χ4v) is 2.11. The summed E-state index contributed by atoms with van der Waals surface area (Å²) in [5.74, 6) is 0.776. The van der Waals surface area contributed by atoms with Gasteiger partial charge in [-0.3, -0.25) is 0 Å². The highest BCUT2D eigenvalue weighted by Gasteiger charge is 2.14. The fourth-order valence-electron chi connectivity index (χ4n) is 2.11. The lowest BCUT2D eigenvalue weighted by Crippen LogP contribution is -2.28. The van der Waals surface area contributed by atoms with Crippen LogP contribution in [0.4, 0.5) is 0 Å². The summed E-state index contributed by atoms with van der Waals surface area (Å²) in [7, 11) is 2.11. The van der Waals surface area contributed by atoms with Crippen LogP contribution in [0.15, 0.2) is 18.2 Å². The van der Waals surface area contributed by atoms with Gasteiger partial charge in [0.1, 0.15) is 0 Å². The van der Waals surface area contributed by atoms with Gasteiger partial charge in [0.2, 0.25) is 0 Å². The van der Waals surface area contributed by atoms with Crippen molar-refractivity contribution in [3.63, 3.8) is 0 Å². The van der Waals surface area contributed by atoms with Gasteiger partial charge in [0.15, 0.2) is 11.5 Å². The zero-order valence-electron chi connectivity index (χ0n) is 12.2. The molecule has 0 aliphatic carbocycles. The normalized spacial score (nSPS) is 11.9. The van der Waals surface area contributed by atoms with E-state index in [0.29, 0.717) is 12.4 Å². The largest absolute Gasteiger partial charge is 0.504 e. The number of ether oxygens (including phenoxy) is 1. The van der Waals surface area contributed by atoms with Gasteiger partial charge >= 0.3 is 0 Å². The molecular weight excluding hydrogens is 226 g/mol. The van der Waals surface area contributed by atoms with Gasteiger partial charge in [-0.2, -0.15) is 0 Å². The molecule has 0 heterocycles. The van der Waals surface area contributed by atoms with Gasteiger partial charge in [-0.25, -0.2) is 0 Å². The molecule has 1 rings (SSSR count). The molecule has 0 fully saturated rings. The molecule has 3 heteroatoms. The molecule has 0 atom stereocenters. The first-order chi connectivity index (χ1) is 8.31. The minimum atomic E-state index is 0.207. The van der Waals surface area contributed by atoms with E-state index in [1.54, 1.807) is 6.07 Å². The average molecular weight is 251 g/mol. The molecule has 0 bridgehead atoms. The lowest BCUT2D eigenvalue weighted by molar-refractivity contribution is 0.220. The van der Waals surface area contributed by atoms with Gasteiger partial charge in [0.25, 0.3) is 0 Å². The summed E-state index contributed by atoms with van der Waals surface area (Å²) < 4.78 is 5.39. The third-order valence-corrected chi connectivity index (χ3v) is 2.52. The second-order valence-electron chi connectivity index (χ2n) is 5.97. The third-order valence-electron chi connectivity index (χ3n) is 2.52. The Labute approximate surface area is 110 Å². The van der Waals surface area contributed by atoms with Crippen molar-refractivity contribution in [2.45, 2.75) is 34.2 Å². The fraction of sp³-hybridized carbons (Fsp3) is 0.600. The molecule has 1 N–H and O–H groups in total. The van der Waals surface area contributed by atoms with E-state index in [0.717, 1.165) is 18.7 Å². The Balaban J connectivity index is 2.70. The number of nitrogens with zero attached hydrogens (tertiary/aromatic N) is 1. The summed E-state index contributed by atoms with van der Waals surface area (Å²) in [6, 6.07) is 5.56. The van der Waals surface area contributed by atoms with Crippen LogP contribution in [0, 0.1) is 5.41 Å². The first kappa shape index (κ1) is 14.8. The zero-order chi connectivity index (χ0) is 13.8. The van der Waals surface area contributed by atoms with Crippen molar-refractivity contribution in [1.82, 2.24) is 4.90 Å². The van der Waals surface area contributed by atoms with Crippen molar-refractivity contribution in [1.29, 1.82) is 0 Å². The summed E-state index contributed by atoms with van der Waals surface area (Å²) in [5.41, 5.74) is 1.44. The van der Waals surface area contributed by atoms with Crippen molar-refractivity contribution in [3.8, 4) is 11.5 Å². The average Bonchev–Trinajstić information content (AvgIpc) is 2.20. The molecule has 0 aliphatic rings. The van der Waals surface area contributed by atoms with Crippen LogP contribution < -0.4 is 4.74 Å². The van der Waals surface area contributed by atoms with Crippen molar-refractivity contribution >= 4 is 0 Å².